The molecule has 0 aromatic heterocycles. The molecule has 0 aliphatic rings. The van der Waals surface area contributed by atoms with Crippen molar-refractivity contribution in [1.82, 2.24) is 0 Å². The molecule has 0 saturated carbocycles. The van der Waals surface area contributed by atoms with Crippen LogP contribution in [0, 0.1) is 30.3 Å². The summed E-state index contributed by atoms with van der Waals surface area (Å²) in [5, 5.41) is 32.6. The van der Waals surface area contributed by atoms with Crippen molar-refractivity contribution in [1.29, 1.82) is 0 Å². The molecular weight excluding hydrogens is 302 g/mol. The molecule has 0 fully saturated rings. The molecule has 0 unspecified atom stereocenters. The molecule has 0 spiro atoms. The van der Waals surface area contributed by atoms with E-state index in [-0.39, 0.29) is 18.6 Å². The minimum absolute atomic E-state index is 0.275. The van der Waals surface area contributed by atoms with Crippen molar-refractivity contribution in [2.24, 2.45) is 0 Å². The predicted molar refractivity (Wildman–Crippen MR) is 71.3 cm³/mol. The molecule has 0 aliphatic carbocycles. The van der Waals surface area contributed by atoms with Crippen molar-refractivity contribution >= 4 is 23.0 Å². The average Bonchev–Trinajstić information content (AvgIpc) is 2.45. The molecule has 1 aromatic rings. The molecule has 0 bridgehead atoms. The Morgan fingerprint density at radius 3 is 2.23 bits per heavy atom. The summed E-state index contributed by atoms with van der Waals surface area (Å²) in [4.78, 5) is 40.5. The summed E-state index contributed by atoms with van der Waals surface area (Å²) in [5.74, 6) is -0.789. The third kappa shape index (κ3) is 3.82. The molecular formula is C11H9N3O8. The molecule has 1 aromatic carbocycles. The summed E-state index contributed by atoms with van der Waals surface area (Å²) in [6, 6.07) is 1.35. The van der Waals surface area contributed by atoms with Crippen LogP contribution >= 0.6 is 0 Å². The molecule has 0 heterocycles. The first-order valence-electron chi connectivity index (χ1n) is 5.67. The topological polar surface area (TPSA) is 156 Å². The number of non-ortho nitro benzene ring substituents is 1. The number of esters is 1. The summed E-state index contributed by atoms with van der Waals surface area (Å²) >= 11 is 0. The first kappa shape index (κ1) is 16.7. The SMILES string of the molecule is C=CC(=O)OCCc1cc([N+](=O)[O-])cc([N+](=O)[O-])c1[N+](=O)[O-]. The lowest BCUT2D eigenvalue weighted by molar-refractivity contribution is -0.424. The van der Waals surface area contributed by atoms with Gasteiger partial charge in [0, 0.05) is 24.1 Å². The Kier molecular flexibility index (Phi) is 5.21. The number of hydrogen-bond acceptors (Lipinski definition) is 8. The Hall–Kier alpha value is -3.37. The number of carbonyl (C=O) groups is 1. The van der Waals surface area contributed by atoms with Crippen LogP contribution in [0.15, 0.2) is 24.8 Å². The molecule has 22 heavy (non-hydrogen) atoms. The third-order valence-electron chi connectivity index (χ3n) is 2.53. The van der Waals surface area contributed by atoms with Crippen LogP contribution in [0.1, 0.15) is 5.56 Å². The fourth-order valence-electron chi connectivity index (χ4n) is 1.63. The van der Waals surface area contributed by atoms with Gasteiger partial charge in [-0.1, -0.05) is 6.58 Å². The van der Waals surface area contributed by atoms with E-state index in [0.717, 1.165) is 12.1 Å². The van der Waals surface area contributed by atoms with Crippen LogP contribution in [-0.2, 0) is 16.0 Å². The van der Waals surface area contributed by atoms with Gasteiger partial charge in [-0.2, -0.15) is 0 Å². The van der Waals surface area contributed by atoms with Crippen LogP contribution in [0.5, 0.6) is 0 Å². The van der Waals surface area contributed by atoms with E-state index in [1.54, 1.807) is 0 Å². The summed E-state index contributed by atoms with van der Waals surface area (Å²) in [5.41, 5.74) is -2.81. The van der Waals surface area contributed by atoms with Gasteiger partial charge in [0.05, 0.1) is 21.4 Å². The molecule has 11 nitrogen and oxygen atoms in total. The van der Waals surface area contributed by atoms with Gasteiger partial charge in [0.2, 0.25) is 0 Å². The zero-order valence-electron chi connectivity index (χ0n) is 11.0. The second-order valence-electron chi connectivity index (χ2n) is 3.87. The van der Waals surface area contributed by atoms with Crippen molar-refractivity contribution in [3.8, 4) is 0 Å². The molecule has 1 rings (SSSR count). The Morgan fingerprint density at radius 2 is 1.77 bits per heavy atom. The molecule has 0 aliphatic heterocycles. The number of ether oxygens (including phenoxy) is 1. The van der Waals surface area contributed by atoms with Gasteiger partial charge in [-0.25, -0.2) is 4.79 Å². The highest BCUT2D eigenvalue weighted by atomic mass is 16.6. The van der Waals surface area contributed by atoms with E-state index in [0.29, 0.717) is 6.07 Å². The number of benzene rings is 1. The summed E-state index contributed by atoms with van der Waals surface area (Å²) in [7, 11) is 0. The Balaban J connectivity index is 3.29. The lowest BCUT2D eigenvalue weighted by Gasteiger charge is -2.04. The van der Waals surface area contributed by atoms with Gasteiger partial charge >= 0.3 is 17.3 Å². The van der Waals surface area contributed by atoms with Crippen molar-refractivity contribution < 1.29 is 24.3 Å². The van der Waals surface area contributed by atoms with Crippen LogP contribution in [0.4, 0.5) is 17.1 Å². The number of rotatable bonds is 7. The lowest BCUT2D eigenvalue weighted by Crippen LogP contribution is -2.08. The first-order chi connectivity index (χ1) is 10.3. The van der Waals surface area contributed by atoms with Crippen LogP contribution < -0.4 is 0 Å². The van der Waals surface area contributed by atoms with Gasteiger partial charge in [0.25, 0.3) is 5.69 Å². The smallest absolute Gasteiger partial charge is 0.353 e. The molecule has 0 radical (unpaired) electrons. The number of nitro groups is 3. The maximum Gasteiger partial charge on any atom is 0.353 e. The van der Waals surface area contributed by atoms with Crippen molar-refractivity contribution in [3.63, 3.8) is 0 Å². The van der Waals surface area contributed by atoms with Gasteiger partial charge < -0.3 is 4.74 Å². The highest BCUT2D eigenvalue weighted by Crippen LogP contribution is 2.35. The molecule has 0 N–H and O–H groups in total. The maximum atomic E-state index is 11.0. The third-order valence-corrected chi connectivity index (χ3v) is 2.53. The van der Waals surface area contributed by atoms with Gasteiger partial charge in [-0.05, 0) is 0 Å². The van der Waals surface area contributed by atoms with E-state index in [9.17, 15) is 35.1 Å². The van der Waals surface area contributed by atoms with Crippen molar-refractivity contribution in [2.45, 2.75) is 6.42 Å². The van der Waals surface area contributed by atoms with E-state index < -0.39 is 37.8 Å². The van der Waals surface area contributed by atoms with Crippen molar-refractivity contribution in [3.05, 3.63) is 60.7 Å². The van der Waals surface area contributed by atoms with E-state index in [1.165, 1.54) is 0 Å². The maximum absolute atomic E-state index is 11.0. The largest absolute Gasteiger partial charge is 0.462 e. The Bertz CT molecular complexity index is 670. The summed E-state index contributed by atoms with van der Waals surface area (Å²) in [6.07, 6.45) is 0.572. The van der Waals surface area contributed by atoms with Gasteiger partial charge in [-0.3, -0.25) is 30.3 Å². The van der Waals surface area contributed by atoms with Gasteiger partial charge in [0.15, 0.2) is 0 Å². The van der Waals surface area contributed by atoms with E-state index in [2.05, 4.69) is 11.3 Å². The van der Waals surface area contributed by atoms with Gasteiger partial charge in [0.1, 0.15) is 6.07 Å². The zero-order valence-corrected chi connectivity index (χ0v) is 11.0. The Morgan fingerprint density at radius 1 is 1.14 bits per heavy atom. The highest BCUT2D eigenvalue weighted by molar-refractivity contribution is 5.81. The number of carbonyl (C=O) groups excluding carboxylic acids is 1. The standard InChI is InChI=1S/C11H9N3O8/c1-2-10(15)22-4-3-7-5-8(12(16)17)6-9(13(18)19)11(7)14(20)21/h2,5-6H,1,3-4H2. The second kappa shape index (κ2) is 6.88. The fraction of sp³-hybridized carbons (Fsp3) is 0.182. The Labute approximate surface area is 122 Å². The molecule has 11 heteroatoms. The summed E-state index contributed by atoms with van der Waals surface area (Å²) in [6.45, 7) is 2.80. The summed E-state index contributed by atoms with van der Waals surface area (Å²) < 4.78 is 4.61. The van der Waals surface area contributed by atoms with E-state index in [4.69, 9.17) is 0 Å². The van der Waals surface area contributed by atoms with E-state index in [1.807, 2.05) is 0 Å². The average molecular weight is 311 g/mol. The molecule has 0 saturated heterocycles. The minimum atomic E-state index is -1.08. The van der Waals surface area contributed by atoms with Gasteiger partial charge in [-0.15, -0.1) is 0 Å². The molecule has 0 amide bonds. The molecule has 116 valence electrons. The van der Waals surface area contributed by atoms with Crippen LogP contribution in [0.3, 0.4) is 0 Å². The van der Waals surface area contributed by atoms with Crippen LogP contribution in [-0.4, -0.2) is 27.3 Å². The normalized spacial score (nSPS) is 9.82. The fourth-order valence-corrected chi connectivity index (χ4v) is 1.63. The quantitative estimate of drug-likeness (QED) is 0.318. The molecule has 0 atom stereocenters. The van der Waals surface area contributed by atoms with Crippen LogP contribution in [0.25, 0.3) is 0 Å². The second-order valence-corrected chi connectivity index (χ2v) is 3.87. The predicted octanol–water partition coefficient (Wildman–Crippen LogP) is 1.68. The zero-order chi connectivity index (χ0) is 16.9. The first-order valence-corrected chi connectivity index (χ1v) is 5.67. The van der Waals surface area contributed by atoms with Crippen LogP contribution in [0.2, 0.25) is 0 Å². The lowest BCUT2D eigenvalue weighted by atomic mass is 10.1. The number of nitro benzene ring substituents is 3. The van der Waals surface area contributed by atoms with E-state index >= 15 is 0 Å². The number of hydrogen-bond donors (Lipinski definition) is 0. The van der Waals surface area contributed by atoms with Crippen molar-refractivity contribution in [2.75, 3.05) is 6.61 Å². The monoisotopic (exact) mass is 311 g/mol. The number of nitrogens with zero attached hydrogens (tertiary/aromatic N) is 3. The minimum Gasteiger partial charge on any atom is -0.462 e. The highest BCUT2D eigenvalue weighted by Gasteiger charge is 2.32.